The Balaban J connectivity index is 0.000000180. The van der Waals surface area contributed by atoms with Gasteiger partial charge in [0.15, 0.2) is 0 Å². The number of halogens is 1. The van der Waals surface area contributed by atoms with Crippen LogP contribution in [0.15, 0.2) is 24.8 Å². The van der Waals surface area contributed by atoms with E-state index in [0.717, 1.165) is 0 Å². The molecule has 0 bridgehead atoms. The highest BCUT2D eigenvalue weighted by atomic mass is 35.5. The molecule has 0 saturated heterocycles. The molecule has 8 heteroatoms. The maximum Gasteiger partial charge on any atom is 0.136 e. The van der Waals surface area contributed by atoms with E-state index >= 15 is 0 Å². The highest BCUT2D eigenvalue weighted by molar-refractivity contribution is 6.15. The van der Waals surface area contributed by atoms with Crippen molar-refractivity contribution in [1.29, 1.82) is 10.5 Å². The molecule has 0 aliphatic heterocycles. The zero-order valence-corrected chi connectivity index (χ0v) is 9.99. The van der Waals surface area contributed by atoms with Crippen molar-refractivity contribution in [3.63, 3.8) is 0 Å². The van der Waals surface area contributed by atoms with E-state index in [0.29, 0.717) is 17.1 Å². The molecular weight excluding hydrogens is 256 g/mol. The van der Waals surface area contributed by atoms with E-state index in [2.05, 4.69) is 10.2 Å². The Bertz CT molecular complexity index is 523. The minimum Gasteiger partial charge on any atom is -0.374 e. The number of aliphatic hydroxyl groups excluding tert-OH is 1. The first-order chi connectivity index (χ1) is 8.73. The number of nitriles is 2. The molecule has 0 atom stereocenters. The molecule has 0 radical (unpaired) electrons. The summed E-state index contributed by atoms with van der Waals surface area (Å²) < 4.78 is 2.76. The summed E-state index contributed by atoms with van der Waals surface area (Å²) in [5.41, 5.74) is 1.000. The second-order valence-electron chi connectivity index (χ2n) is 3.02. The molecular formula is C10H9ClN6O. The molecule has 92 valence electrons. The van der Waals surface area contributed by atoms with E-state index in [1.165, 1.54) is 28.0 Å². The van der Waals surface area contributed by atoms with Gasteiger partial charge in [0, 0.05) is 12.4 Å². The molecule has 2 aromatic rings. The minimum atomic E-state index is -0.179. The predicted molar refractivity (Wildman–Crippen MR) is 62.0 cm³/mol. The number of aliphatic hydroxyl groups is 1. The van der Waals surface area contributed by atoms with Crippen molar-refractivity contribution >= 4 is 11.6 Å². The Morgan fingerprint density at radius 1 is 1.11 bits per heavy atom. The molecule has 0 amide bonds. The van der Waals surface area contributed by atoms with Crippen LogP contribution < -0.4 is 0 Å². The molecule has 2 aromatic heterocycles. The topological polar surface area (TPSA) is 103 Å². The standard InChI is InChI=1S/C5H4ClN3.C5H5N3O/c6-4-9-3-5(1-7)2-8-9;6-1-5-2-7-8(3-5)4-9/h2-3H,4H2;2-3,9H,4H2. The van der Waals surface area contributed by atoms with Crippen LogP contribution in [0.2, 0.25) is 0 Å². The Morgan fingerprint density at radius 3 is 1.89 bits per heavy atom. The summed E-state index contributed by atoms with van der Waals surface area (Å²) in [7, 11) is 0. The van der Waals surface area contributed by atoms with Crippen LogP contribution in [0.4, 0.5) is 0 Å². The van der Waals surface area contributed by atoms with Crippen LogP contribution in [0.5, 0.6) is 0 Å². The Labute approximate surface area is 108 Å². The highest BCUT2D eigenvalue weighted by Gasteiger charge is 1.92. The highest BCUT2D eigenvalue weighted by Crippen LogP contribution is 1.95. The third kappa shape index (κ3) is 3.91. The fourth-order valence-corrected chi connectivity index (χ4v) is 1.12. The van der Waals surface area contributed by atoms with Crippen LogP contribution in [0, 0.1) is 22.7 Å². The fraction of sp³-hybridized carbons (Fsp3) is 0.200. The van der Waals surface area contributed by atoms with E-state index in [1.54, 1.807) is 6.20 Å². The lowest BCUT2D eigenvalue weighted by atomic mass is 10.4. The van der Waals surface area contributed by atoms with Crippen molar-refractivity contribution in [3.8, 4) is 12.1 Å². The van der Waals surface area contributed by atoms with E-state index < -0.39 is 0 Å². The zero-order chi connectivity index (χ0) is 13.4. The molecule has 1 N–H and O–H groups in total. The zero-order valence-electron chi connectivity index (χ0n) is 9.23. The van der Waals surface area contributed by atoms with Crippen molar-refractivity contribution in [3.05, 3.63) is 35.9 Å². The Kier molecular flexibility index (Phi) is 5.39. The lowest BCUT2D eigenvalue weighted by Crippen LogP contribution is -1.94. The summed E-state index contributed by atoms with van der Waals surface area (Å²) >= 11 is 5.39. The third-order valence-corrected chi connectivity index (χ3v) is 2.04. The van der Waals surface area contributed by atoms with Crippen molar-refractivity contribution in [1.82, 2.24) is 19.6 Å². The summed E-state index contributed by atoms with van der Waals surface area (Å²) in [4.78, 5) is 0. The lowest BCUT2D eigenvalue weighted by molar-refractivity contribution is 0.195. The largest absolute Gasteiger partial charge is 0.374 e. The van der Waals surface area contributed by atoms with Crippen molar-refractivity contribution in [2.45, 2.75) is 12.7 Å². The van der Waals surface area contributed by atoms with E-state index in [9.17, 15) is 0 Å². The van der Waals surface area contributed by atoms with Gasteiger partial charge in [-0.3, -0.25) is 4.68 Å². The Morgan fingerprint density at radius 2 is 1.61 bits per heavy atom. The van der Waals surface area contributed by atoms with Crippen molar-refractivity contribution < 1.29 is 5.11 Å². The summed E-state index contributed by atoms with van der Waals surface area (Å²) in [6, 6.07) is 4.12. The van der Waals surface area contributed by atoms with Gasteiger partial charge in [0.25, 0.3) is 0 Å². The van der Waals surface area contributed by atoms with Gasteiger partial charge in [-0.1, -0.05) is 0 Å². The van der Waals surface area contributed by atoms with Gasteiger partial charge in [-0.05, 0) is 0 Å². The van der Waals surface area contributed by atoms with Gasteiger partial charge < -0.3 is 5.11 Å². The van der Waals surface area contributed by atoms with Crippen LogP contribution in [-0.4, -0.2) is 24.7 Å². The number of hydrogen-bond donors (Lipinski definition) is 1. The monoisotopic (exact) mass is 264 g/mol. The molecule has 0 spiro atoms. The average molecular weight is 265 g/mol. The maximum absolute atomic E-state index is 8.44. The summed E-state index contributed by atoms with van der Waals surface area (Å²) in [6.07, 6.45) is 5.94. The van der Waals surface area contributed by atoms with E-state index in [4.69, 9.17) is 27.2 Å². The first-order valence-electron chi connectivity index (χ1n) is 4.75. The maximum atomic E-state index is 8.44. The second kappa shape index (κ2) is 7.07. The molecule has 0 saturated carbocycles. The van der Waals surface area contributed by atoms with Gasteiger partial charge in [0.1, 0.15) is 24.9 Å². The molecule has 0 aromatic carbocycles. The predicted octanol–water partition coefficient (Wildman–Crippen LogP) is 0.656. The molecule has 2 heterocycles. The van der Waals surface area contributed by atoms with Crippen LogP contribution in [0.3, 0.4) is 0 Å². The molecule has 0 aliphatic carbocycles. The van der Waals surface area contributed by atoms with Crippen molar-refractivity contribution in [2.24, 2.45) is 0 Å². The second-order valence-corrected chi connectivity index (χ2v) is 3.26. The molecule has 0 fully saturated rings. The van der Waals surface area contributed by atoms with Crippen LogP contribution >= 0.6 is 11.6 Å². The van der Waals surface area contributed by atoms with Gasteiger partial charge >= 0.3 is 0 Å². The lowest BCUT2D eigenvalue weighted by Gasteiger charge is -1.87. The van der Waals surface area contributed by atoms with Crippen LogP contribution in [0.1, 0.15) is 11.1 Å². The summed E-state index contributed by atoms with van der Waals surface area (Å²) in [5.74, 6) is 0. The van der Waals surface area contributed by atoms with Gasteiger partial charge in [-0.2, -0.15) is 20.7 Å². The average Bonchev–Trinajstić information content (AvgIpc) is 3.07. The Hall–Kier alpha value is -2.35. The molecule has 18 heavy (non-hydrogen) atoms. The number of aromatic nitrogens is 4. The third-order valence-electron chi connectivity index (χ3n) is 1.79. The molecule has 0 unspecified atom stereocenters. The first-order valence-corrected chi connectivity index (χ1v) is 5.29. The first kappa shape index (κ1) is 13.7. The van der Waals surface area contributed by atoms with Crippen LogP contribution in [-0.2, 0) is 12.7 Å². The van der Waals surface area contributed by atoms with E-state index in [1.807, 2.05) is 12.1 Å². The quantitative estimate of drug-likeness (QED) is 0.802. The summed E-state index contributed by atoms with van der Waals surface area (Å²) in [6.45, 7) is -0.179. The van der Waals surface area contributed by atoms with Crippen LogP contribution in [0.25, 0.3) is 0 Å². The minimum absolute atomic E-state index is 0.179. The molecule has 7 nitrogen and oxygen atoms in total. The number of rotatable bonds is 2. The van der Waals surface area contributed by atoms with Gasteiger partial charge in [-0.15, -0.1) is 11.6 Å². The molecule has 2 rings (SSSR count). The van der Waals surface area contributed by atoms with Gasteiger partial charge in [0.05, 0.1) is 23.5 Å². The van der Waals surface area contributed by atoms with Crippen molar-refractivity contribution in [2.75, 3.05) is 0 Å². The summed E-state index contributed by atoms with van der Waals surface area (Å²) in [5, 5.41) is 32.4. The number of alkyl halides is 1. The smallest absolute Gasteiger partial charge is 0.136 e. The van der Waals surface area contributed by atoms with E-state index in [-0.39, 0.29) is 6.73 Å². The SMILES string of the molecule is N#Cc1cnn(CCl)c1.N#Cc1cnn(CO)c1. The molecule has 0 aliphatic rings. The number of hydrogen-bond acceptors (Lipinski definition) is 5. The number of nitrogens with zero attached hydrogens (tertiary/aromatic N) is 6. The van der Waals surface area contributed by atoms with Gasteiger partial charge in [0.2, 0.25) is 0 Å². The fourth-order valence-electron chi connectivity index (χ4n) is 0.985. The normalized spacial score (nSPS) is 8.89. The van der Waals surface area contributed by atoms with Gasteiger partial charge in [-0.25, -0.2) is 4.68 Å².